The summed E-state index contributed by atoms with van der Waals surface area (Å²) in [5.74, 6) is 0.394. The van der Waals surface area contributed by atoms with Crippen LogP contribution in [0.4, 0.5) is 0 Å². The lowest BCUT2D eigenvalue weighted by molar-refractivity contribution is 0.192. The smallest absolute Gasteiger partial charge is 0.247 e. The van der Waals surface area contributed by atoms with Crippen molar-refractivity contribution in [2.24, 2.45) is 11.1 Å². The van der Waals surface area contributed by atoms with Crippen LogP contribution < -0.4 is 5.14 Å². The van der Waals surface area contributed by atoms with Gasteiger partial charge >= 0.3 is 0 Å². The van der Waals surface area contributed by atoms with Crippen LogP contribution in [0.3, 0.4) is 0 Å². The molecule has 0 radical (unpaired) electrons. The zero-order chi connectivity index (χ0) is 16.0. The van der Waals surface area contributed by atoms with Crippen molar-refractivity contribution in [2.45, 2.75) is 41.8 Å². The van der Waals surface area contributed by atoms with Crippen LogP contribution in [0.15, 0.2) is 14.5 Å². The predicted octanol–water partition coefficient (Wildman–Crippen LogP) is 1.03. The highest BCUT2D eigenvalue weighted by Gasteiger charge is 2.33. The number of fused-ring (bicyclic) bond motifs is 1. The molecule has 0 amide bonds. The van der Waals surface area contributed by atoms with E-state index in [1.165, 1.54) is 6.07 Å². The van der Waals surface area contributed by atoms with E-state index in [2.05, 4.69) is 18.7 Å². The van der Waals surface area contributed by atoms with Crippen LogP contribution in [-0.4, -0.2) is 40.1 Å². The lowest BCUT2D eigenvalue weighted by atomic mass is 10.1. The molecule has 120 valence electrons. The molecule has 1 aromatic rings. The monoisotopic (exact) mass is 352 g/mol. The van der Waals surface area contributed by atoms with Crippen LogP contribution in [0.1, 0.15) is 26.3 Å². The third kappa shape index (κ3) is 3.65. The first-order valence-electron chi connectivity index (χ1n) is 6.63. The summed E-state index contributed by atoms with van der Waals surface area (Å²) in [6.07, 6.45) is 0. The summed E-state index contributed by atoms with van der Waals surface area (Å²) >= 11 is 0.758. The van der Waals surface area contributed by atoms with Crippen LogP contribution in [0, 0.1) is 5.92 Å². The predicted molar refractivity (Wildman–Crippen MR) is 82.5 cm³/mol. The molecule has 1 atom stereocenters. The minimum Gasteiger partial charge on any atom is -0.295 e. The summed E-state index contributed by atoms with van der Waals surface area (Å²) in [7, 11) is -7.36. The quantitative estimate of drug-likeness (QED) is 0.876. The second kappa shape index (κ2) is 5.62. The van der Waals surface area contributed by atoms with Gasteiger partial charge in [-0.25, -0.2) is 22.0 Å². The van der Waals surface area contributed by atoms with Gasteiger partial charge in [0, 0.05) is 19.1 Å². The van der Waals surface area contributed by atoms with Crippen LogP contribution >= 0.6 is 11.3 Å². The highest BCUT2D eigenvalue weighted by atomic mass is 32.3. The van der Waals surface area contributed by atoms with Gasteiger partial charge in [0.25, 0.3) is 0 Å². The summed E-state index contributed by atoms with van der Waals surface area (Å²) in [5.41, 5.74) is 0.536. The Balaban J connectivity index is 2.51. The summed E-state index contributed by atoms with van der Waals surface area (Å²) in [5, 5.41) is 5.11. The largest absolute Gasteiger partial charge is 0.295 e. The van der Waals surface area contributed by atoms with Crippen molar-refractivity contribution in [3.63, 3.8) is 0 Å². The maximum absolute atomic E-state index is 12.4. The molecule has 6 nitrogen and oxygen atoms in total. The molecular weight excluding hydrogens is 332 g/mol. The molecule has 0 bridgehead atoms. The zero-order valence-electron chi connectivity index (χ0n) is 12.2. The molecule has 0 saturated heterocycles. The standard InChI is InChI=1S/C12H20N2O4S3/c1-8(2)5-14-6-10-4-11(21(13,17)18)19-12(10)20(15,16)7-9(14)3/h4,8-9H,5-7H2,1-3H3,(H2,13,17,18). The maximum atomic E-state index is 12.4. The first-order valence-corrected chi connectivity index (χ1v) is 10.6. The molecule has 2 heterocycles. The number of thiophene rings is 1. The fourth-order valence-electron chi connectivity index (χ4n) is 2.49. The lowest BCUT2D eigenvalue weighted by Gasteiger charge is -2.28. The number of sulfone groups is 1. The Hall–Kier alpha value is -0.480. The van der Waals surface area contributed by atoms with Gasteiger partial charge in [-0.3, -0.25) is 4.90 Å². The second-order valence-corrected chi connectivity index (χ2v) is 10.9. The third-order valence-electron chi connectivity index (χ3n) is 3.37. The summed E-state index contributed by atoms with van der Waals surface area (Å²) < 4.78 is 47.8. The van der Waals surface area contributed by atoms with Gasteiger partial charge in [0.05, 0.1) is 5.75 Å². The summed E-state index contributed by atoms with van der Waals surface area (Å²) in [6, 6.07) is 1.30. The van der Waals surface area contributed by atoms with Crippen LogP contribution in [-0.2, 0) is 26.4 Å². The maximum Gasteiger partial charge on any atom is 0.247 e. The fraction of sp³-hybridized carbons (Fsp3) is 0.667. The molecule has 0 saturated carbocycles. The number of nitrogens with two attached hydrogens (primary N) is 1. The van der Waals surface area contributed by atoms with Gasteiger partial charge in [-0.2, -0.15) is 0 Å². The molecule has 2 N–H and O–H groups in total. The lowest BCUT2D eigenvalue weighted by Crippen LogP contribution is -2.37. The van der Waals surface area contributed by atoms with Crippen molar-refractivity contribution >= 4 is 31.2 Å². The molecule has 1 unspecified atom stereocenters. The molecule has 9 heteroatoms. The van der Waals surface area contributed by atoms with E-state index in [1.807, 2.05) is 6.92 Å². The van der Waals surface area contributed by atoms with E-state index >= 15 is 0 Å². The summed E-state index contributed by atoms with van der Waals surface area (Å²) in [4.78, 5) is 2.08. The van der Waals surface area contributed by atoms with Gasteiger partial charge < -0.3 is 0 Å². The number of nitrogens with zero attached hydrogens (tertiary/aromatic N) is 1. The van der Waals surface area contributed by atoms with Crippen molar-refractivity contribution in [1.82, 2.24) is 4.90 Å². The van der Waals surface area contributed by atoms with Gasteiger partial charge in [0.1, 0.15) is 8.42 Å². The Morgan fingerprint density at radius 3 is 2.62 bits per heavy atom. The third-order valence-corrected chi connectivity index (χ3v) is 8.52. The molecular formula is C12H20N2O4S3. The Morgan fingerprint density at radius 2 is 2.10 bits per heavy atom. The first kappa shape index (κ1) is 16.9. The van der Waals surface area contributed by atoms with Crippen molar-refractivity contribution in [1.29, 1.82) is 0 Å². The van der Waals surface area contributed by atoms with Crippen LogP contribution in [0.5, 0.6) is 0 Å². The highest BCUT2D eigenvalue weighted by molar-refractivity contribution is 7.95. The van der Waals surface area contributed by atoms with E-state index in [0.29, 0.717) is 18.0 Å². The molecule has 0 spiro atoms. The molecule has 21 heavy (non-hydrogen) atoms. The number of hydrogen-bond acceptors (Lipinski definition) is 6. The topological polar surface area (TPSA) is 97.5 Å². The molecule has 0 aliphatic carbocycles. The van der Waals surface area contributed by atoms with Gasteiger partial charge in [0.2, 0.25) is 10.0 Å². The van der Waals surface area contributed by atoms with Gasteiger partial charge in [-0.15, -0.1) is 11.3 Å². The Bertz CT molecular complexity index is 735. The Morgan fingerprint density at radius 1 is 1.48 bits per heavy atom. The number of sulfonamides is 1. The van der Waals surface area contributed by atoms with E-state index in [9.17, 15) is 16.8 Å². The normalized spacial score (nSPS) is 23.0. The Labute approximate surface area is 129 Å². The molecule has 0 fully saturated rings. The van der Waals surface area contributed by atoms with E-state index in [0.717, 1.165) is 17.9 Å². The molecule has 0 aromatic carbocycles. The SMILES string of the molecule is CC(C)CN1Cc2cc(S(N)(=O)=O)sc2S(=O)(=O)CC1C. The second-order valence-electron chi connectivity index (χ2n) is 5.88. The zero-order valence-corrected chi connectivity index (χ0v) is 14.7. The van der Waals surface area contributed by atoms with Crippen LogP contribution in [0.2, 0.25) is 0 Å². The minimum atomic E-state index is -3.88. The van der Waals surface area contributed by atoms with Crippen molar-refractivity contribution in [3.05, 3.63) is 11.6 Å². The van der Waals surface area contributed by atoms with Crippen LogP contribution in [0.25, 0.3) is 0 Å². The van der Waals surface area contributed by atoms with Crippen molar-refractivity contribution < 1.29 is 16.8 Å². The number of rotatable bonds is 3. The molecule has 1 aliphatic rings. The highest BCUT2D eigenvalue weighted by Crippen LogP contribution is 2.34. The average molecular weight is 353 g/mol. The Kier molecular flexibility index (Phi) is 4.52. The van der Waals surface area contributed by atoms with E-state index in [-0.39, 0.29) is 20.2 Å². The van der Waals surface area contributed by atoms with Gasteiger partial charge in [-0.05, 0) is 24.5 Å². The molecule has 1 aliphatic heterocycles. The van der Waals surface area contributed by atoms with Gasteiger partial charge in [-0.1, -0.05) is 13.8 Å². The average Bonchev–Trinajstić information content (AvgIpc) is 2.67. The van der Waals surface area contributed by atoms with E-state index < -0.39 is 19.9 Å². The number of primary sulfonamides is 1. The summed E-state index contributed by atoms with van der Waals surface area (Å²) in [6.45, 7) is 7.21. The van der Waals surface area contributed by atoms with E-state index in [1.54, 1.807) is 0 Å². The van der Waals surface area contributed by atoms with Crippen molar-refractivity contribution in [3.8, 4) is 0 Å². The minimum absolute atomic E-state index is 0.00269. The van der Waals surface area contributed by atoms with E-state index in [4.69, 9.17) is 5.14 Å². The molecule has 2 rings (SSSR count). The fourth-order valence-corrected chi connectivity index (χ4v) is 6.81. The van der Waals surface area contributed by atoms with Gasteiger partial charge in [0.15, 0.2) is 9.84 Å². The van der Waals surface area contributed by atoms with Crippen molar-refractivity contribution in [2.75, 3.05) is 12.3 Å². The molecule has 1 aromatic heterocycles. The number of hydrogen-bond donors (Lipinski definition) is 1. The first-order chi connectivity index (χ1) is 9.50.